The molecule has 0 unspecified atom stereocenters. The van der Waals surface area contributed by atoms with Gasteiger partial charge in [-0.1, -0.05) is 25.0 Å². The molecule has 0 aliphatic carbocycles. The van der Waals surface area contributed by atoms with E-state index < -0.39 is 47.8 Å². The smallest absolute Gasteiger partial charge is 0.245 e. The summed E-state index contributed by atoms with van der Waals surface area (Å²) in [5, 5.41) is 16.9. The second-order valence-electron chi connectivity index (χ2n) is 9.73. The molecule has 0 saturated carbocycles. The number of rotatable bonds is 9. The number of ether oxygens (including phenoxy) is 1. The first-order valence-corrected chi connectivity index (χ1v) is 13.0. The van der Waals surface area contributed by atoms with Crippen molar-refractivity contribution in [2.24, 2.45) is 0 Å². The molecule has 0 aromatic heterocycles. The summed E-state index contributed by atoms with van der Waals surface area (Å²) in [6.45, 7) is 1.97. The molecular weight excluding hydrogens is 494 g/mol. The average molecular weight is 532 g/mol. The number of methoxy groups -OCH3 is 1. The number of hydroxylamine groups is 1. The van der Waals surface area contributed by atoms with Gasteiger partial charge < -0.3 is 25.6 Å². The number of carbonyl (C=O) groups excluding carboxylic acids is 5. The zero-order chi connectivity index (χ0) is 27.7. The van der Waals surface area contributed by atoms with E-state index in [0.717, 1.165) is 5.56 Å². The van der Waals surface area contributed by atoms with Gasteiger partial charge >= 0.3 is 0 Å². The Hall–Kier alpha value is -3.67. The molecular formula is C26H37N5O7. The van der Waals surface area contributed by atoms with Crippen molar-refractivity contribution >= 4 is 29.5 Å². The number of hydrogen-bond donors (Lipinski definition) is 5. The minimum Gasteiger partial charge on any atom is -0.497 e. The Morgan fingerprint density at radius 3 is 2.37 bits per heavy atom. The van der Waals surface area contributed by atoms with E-state index in [1.54, 1.807) is 43.8 Å². The Labute approximate surface area is 221 Å². The largest absolute Gasteiger partial charge is 0.497 e. The molecule has 12 nitrogen and oxygen atoms in total. The van der Waals surface area contributed by atoms with Crippen molar-refractivity contribution in [3.8, 4) is 5.75 Å². The molecule has 5 N–H and O–H groups in total. The maximum absolute atomic E-state index is 13.4. The fourth-order valence-electron chi connectivity index (χ4n) is 4.81. The number of amides is 5. The molecule has 4 atom stereocenters. The molecule has 3 rings (SSSR count). The van der Waals surface area contributed by atoms with E-state index in [4.69, 9.17) is 9.94 Å². The third-order valence-electron chi connectivity index (χ3n) is 6.95. The van der Waals surface area contributed by atoms with Crippen molar-refractivity contribution in [2.45, 2.75) is 82.5 Å². The van der Waals surface area contributed by atoms with Gasteiger partial charge in [-0.15, -0.1) is 0 Å². The minimum absolute atomic E-state index is 0.140. The first-order chi connectivity index (χ1) is 18.2. The molecule has 2 saturated heterocycles. The molecule has 2 aliphatic rings. The summed E-state index contributed by atoms with van der Waals surface area (Å²) >= 11 is 0. The van der Waals surface area contributed by atoms with Gasteiger partial charge in [0.25, 0.3) is 0 Å². The van der Waals surface area contributed by atoms with Crippen LogP contribution in [-0.4, -0.2) is 77.5 Å². The number of carbonyl (C=O) groups is 5. The molecule has 208 valence electrons. The fourth-order valence-corrected chi connectivity index (χ4v) is 4.81. The predicted molar refractivity (Wildman–Crippen MR) is 136 cm³/mol. The van der Waals surface area contributed by atoms with Crippen LogP contribution in [0.5, 0.6) is 5.75 Å². The van der Waals surface area contributed by atoms with E-state index in [0.29, 0.717) is 44.4 Å². The predicted octanol–water partition coefficient (Wildman–Crippen LogP) is 0.173. The number of nitrogens with zero attached hydrogens (tertiary/aromatic N) is 1. The second-order valence-corrected chi connectivity index (χ2v) is 9.73. The Morgan fingerprint density at radius 1 is 1.00 bits per heavy atom. The number of nitrogens with one attached hydrogen (secondary N) is 4. The zero-order valence-electron chi connectivity index (χ0n) is 21.8. The van der Waals surface area contributed by atoms with Crippen LogP contribution < -0.4 is 26.2 Å². The first kappa shape index (κ1) is 28.9. The van der Waals surface area contributed by atoms with Crippen LogP contribution in [-0.2, 0) is 30.4 Å². The Kier molecular flexibility index (Phi) is 10.5. The van der Waals surface area contributed by atoms with Gasteiger partial charge in [0.1, 0.15) is 29.9 Å². The van der Waals surface area contributed by atoms with Gasteiger partial charge in [-0.05, 0) is 50.3 Å². The minimum atomic E-state index is -0.979. The highest BCUT2D eigenvalue weighted by atomic mass is 16.5. The zero-order valence-corrected chi connectivity index (χ0v) is 21.8. The molecule has 2 heterocycles. The standard InChI is InChI=1S/C26H37N5O7/c1-16-26(36)31-14-6-8-21(31)25(35)28-19(7-4-3-5-9-22(32)30-37)23(33)29-20(24(34)27-16)15-17-10-12-18(38-2)13-11-17/h10-13,16,19-21,37H,3-9,14-15H2,1-2H3,(H,27,34)(H,28,35)(H,29,33)(H,30,32)/t16-,19+,20+,21+/m0/s1. The van der Waals surface area contributed by atoms with Crippen LogP contribution in [0.1, 0.15) is 57.4 Å². The van der Waals surface area contributed by atoms with E-state index in [1.165, 1.54) is 4.90 Å². The van der Waals surface area contributed by atoms with Gasteiger partial charge in [-0.2, -0.15) is 0 Å². The first-order valence-electron chi connectivity index (χ1n) is 13.0. The number of unbranched alkanes of at least 4 members (excludes halogenated alkanes) is 2. The van der Waals surface area contributed by atoms with Crippen molar-refractivity contribution in [3.63, 3.8) is 0 Å². The topological polar surface area (TPSA) is 166 Å². The van der Waals surface area contributed by atoms with Crippen LogP contribution in [0.15, 0.2) is 24.3 Å². The third-order valence-corrected chi connectivity index (χ3v) is 6.95. The SMILES string of the molecule is COc1ccc(C[C@H]2NC(=O)[C@@H](CCCCCC(=O)NO)NC(=O)[C@H]3CCCN3C(=O)[C@H](C)NC2=O)cc1. The van der Waals surface area contributed by atoms with Crippen LogP contribution in [0.4, 0.5) is 0 Å². The van der Waals surface area contributed by atoms with E-state index >= 15 is 0 Å². The summed E-state index contributed by atoms with van der Waals surface area (Å²) in [6.07, 6.45) is 3.33. The Morgan fingerprint density at radius 2 is 1.68 bits per heavy atom. The molecule has 38 heavy (non-hydrogen) atoms. The van der Waals surface area contributed by atoms with Crippen LogP contribution in [0.3, 0.4) is 0 Å². The quantitative estimate of drug-likeness (QED) is 0.172. The Balaban J connectivity index is 1.80. The molecule has 1 aromatic rings. The second kappa shape index (κ2) is 13.8. The average Bonchev–Trinajstić information content (AvgIpc) is 3.41. The van der Waals surface area contributed by atoms with E-state index in [2.05, 4.69) is 16.0 Å². The monoisotopic (exact) mass is 531 g/mol. The summed E-state index contributed by atoms with van der Waals surface area (Å²) in [4.78, 5) is 65.6. The van der Waals surface area contributed by atoms with Crippen molar-refractivity contribution in [1.82, 2.24) is 26.3 Å². The van der Waals surface area contributed by atoms with E-state index in [9.17, 15) is 24.0 Å². The summed E-state index contributed by atoms with van der Waals surface area (Å²) in [5.41, 5.74) is 2.36. The molecule has 0 radical (unpaired) electrons. The highest BCUT2D eigenvalue weighted by Gasteiger charge is 2.39. The van der Waals surface area contributed by atoms with Gasteiger partial charge in [0.2, 0.25) is 29.5 Å². The van der Waals surface area contributed by atoms with Gasteiger partial charge in [-0.3, -0.25) is 29.2 Å². The fraction of sp³-hybridized carbons (Fsp3) is 0.577. The lowest BCUT2D eigenvalue weighted by atomic mass is 10.0. The summed E-state index contributed by atoms with van der Waals surface area (Å²) in [6, 6.07) is 3.62. The third kappa shape index (κ3) is 7.67. The highest BCUT2D eigenvalue weighted by molar-refractivity contribution is 5.97. The maximum Gasteiger partial charge on any atom is 0.245 e. The molecule has 0 bridgehead atoms. The molecule has 2 aliphatic heterocycles. The number of hydrogen-bond acceptors (Lipinski definition) is 7. The van der Waals surface area contributed by atoms with Crippen LogP contribution in [0.2, 0.25) is 0 Å². The van der Waals surface area contributed by atoms with Crippen molar-refractivity contribution < 1.29 is 33.9 Å². The molecule has 5 amide bonds. The van der Waals surface area contributed by atoms with E-state index in [-0.39, 0.29) is 25.2 Å². The van der Waals surface area contributed by atoms with Crippen molar-refractivity contribution in [3.05, 3.63) is 29.8 Å². The lowest BCUT2D eigenvalue weighted by molar-refractivity contribution is -0.143. The van der Waals surface area contributed by atoms with Gasteiger partial charge in [0, 0.05) is 19.4 Å². The lowest BCUT2D eigenvalue weighted by Gasteiger charge is -2.31. The van der Waals surface area contributed by atoms with Crippen LogP contribution >= 0.6 is 0 Å². The summed E-state index contributed by atoms with van der Waals surface area (Å²) in [7, 11) is 1.55. The number of benzene rings is 1. The van der Waals surface area contributed by atoms with Gasteiger partial charge in [-0.25, -0.2) is 5.48 Å². The van der Waals surface area contributed by atoms with Crippen molar-refractivity contribution in [2.75, 3.05) is 13.7 Å². The lowest BCUT2D eigenvalue weighted by Crippen LogP contribution is -2.61. The van der Waals surface area contributed by atoms with Crippen LogP contribution in [0, 0.1) is 0 Å². The molecule has 12 heteroatoms. The van der Waals surface area contributed by atoms with Gasteiger partial charge in [0.15, 0.2) is 0 Å². The maximum atomic E-state index is 13.4. The van der Waals surface area contributed by atoms with E-state index in [1.807, 2.05) is 0 Å². The highest BCUT2D eigenvalue weighted by Crippen LogP contribution is 2.20. The molecule has 0 spiro atoms. The van der Waals surface area contributed by atoms with Crippen molar-refractivity contribution in [1.29, 1.82) is 0 Å². The molecule has 2 fully saturated rings. The molecule has 1 aromatic carbocycles. The summed E-state index contributed by atoms with van der Waals surface area (Å²) < 4.78 is 5.18. The normalized spacial score (nSPS) is 24.3. The number of fused-ring (bicyclic) bond motifs is 1. The summed E-state index contributed by atoms with van der Waals surface area (Å²) in [5.74, 6) is -1.57. The van der Waals surface area contributed by atoms with Crippen LogP contribution in [0.25, 0.3) is 0 Å². The Bertz CT molecular complexity index is 1020. The van der Waals surface area contributed by atoms with Gasteiger partial charge in [0.05, 0.1) is 7.11 Å².